The number of benzene rings is 2. The smallest absolute Gasteiger partial charge is 0.321 e. The Labute approximate surface area is 126 Å². The van der Waals surface area contributed by atoms with Crippen molar-refractivity contribution in [2.75, 3.05) is 12.4 Å². The molecule has 0 aliphatic heterocycles. The van der Waals surface area contributed by atoms with E-state index in [9.17, 15) is 18.0 Å². The summed E-state index contributed by atoms with van der Waals surface area (Å²) in [5.41, 5.74) is 0.348. The average Bonchev–Trinajstić information content (AvgIpc) is 2.48. The number of nitrogens with one attached hydrogen (secondary N) is 1. The molecule has 0 aromatic heterocycles. The number of amides is 2. The number of hydrogen-bond donors (Lipinski definition) is 1. The van der Waals surface area contributed by atoms with Crippen LogP contribution in [0.5, 0.6) is 0 Å². The third-order valence-electron chi connectivity index (χ3n) is 3.39. The lowest BCUT2D eigenvalue weighted by Gasteiger charge is -2.26. The van der Waals surface area contributed by atoms with Crippen LogP contribution in [-0.4, -0.2) is 18.0 Å². The number of halogens is 3. The fraction of sp³-hybridized carbons (Fsp3) is 0.188. The van der Waals surface area contributed by atoms with Crippen molar-refractivity contribution < 1.29 is 18.0 Å². The molecular formula is C16H15F3N2O. The highest BCUT2D eigenvalue weighted by atomic mass is 19.1. The van der Waals surface area contributed by atoms with Gasteiger partial charge < -0.3 is 10.2 Å². The summed E-state index contributed by atoms with van der Waals surface area (Å²) in [5.74, 6) is -1.66. The van der Waals surface area contributed by atoms with Crippen molar-refractivity contribution in [3.05, 3.63) is 65.5 Å². The second-order valence-corrected chi connectivity index (χ2v) is 4.89. The summed E-state index contributed by atoms with van der Waals surface area (Å²) < 4.78 is 40.1. The normalized spacial score (nSPS) is 11.9. The van der Waals surface area contributed by atoms with E-state index in [1.54, 1.807) is 6.92 Å². The van der Waals surface area contributed by atoms with Gasteiger partial charge in [-0.25, -0.2) is 18.0 Å². The van der Waals surface area contributed by atoms with Crippen LogP contribution in [0.2, 0.25) is 0 Å². The molecule has 2 amide bonds. The minimum Gasteiger partial charge on any atom is -0.321 e. The van der Waals surface area contributed by atoms with Crippen molar-refractivity contribution in [3.8, 4) is 0 Å². The monoisotopic (exact) mass is 308 g/mol. The fourth-order valence-electron chi connectivity index (χ4n) is 2.00. The maximum Gasteiger partial charge on any atom is 0.322 e. The number of urea groups is 1. The third-order valence-corrected chi connectivity index (χ3v) is 3.39. The van der Waals surface area contributed by atoms with Crippen LogP contribution in [0.15, 0.2) is 42.5 Å². The molecule has 22 heavy (non-hydrogen) atoms. The highest BCUT2D eigenvalue weighted by Gasteiger charge is 2.21. The van der Waals surface area contributed by atoms with E-state index >= 15 is 0 Å². The summed E-state index contributed by atoms with van der Waals surface area (Å²) in [6.45, 7) is 1.57. The van der Waals surface area contributed by atoms with Gasteiger partial charge in [0.1, 0.15) is 17.5 Å². The van der Waals surface area contributed by atoms with Crippen LogP contribution in [-0.2, 0) is 0 Å². The Balaban J connectivity index is 2.14. The first-order chi connectivity index (χ1) is 10.4. The van der Waals surface area contributed by atoms with Gasteiger partial charge in [0.15, 0.2) is 0 Å². The van der Waals surface area contributed by atoms with Crippen LogP contribution in [0.25, 0.3) is 0 Å². The molecule has 116 valence electrons. The Morgan fingerprint density at radius 3 is 2.45 bits per heavy atom. The summed E-state index contributed by atoms with van der Waals surface area (Å²) in [7, 11) is 1.45. The molecule has 0 fully saturated rings. The molecule has 2 aromatic carbocycles. The summed E-state index contributed by atoms with van der Waals surface area (Å²) in [5, 5.41) is 2.50. The van der Waals surface area contributed by atoms with Gasteiger partial charge in [-0.1, -0.05) is 6.07 Å². The molecule has 0 aliphatic carbocycles. The minimum absolute atomic E-state index is 0.0666. The van der Waals surface area contributed by atoms with Crippen molar-refractivity contribution in [2.24, 2.45) is 0 Å². The molecule has 0 saturated heterocycles. The molecule has 3 nitrogen and oxygen atoms in total. The zero-order chi connectivity index (χ0) is 16.3. The molecular weight excluding hydrogens is 293 g/mol. The molecule has 1 atom stereocenters. The van der Waals surface area contributed by atoms with Crippen LogP contribution in [0, 0.1) is 17.5 Å². The van der Waals surface area contributed by atoms with Gasteiger partial charge in [-0.2, -0.15) is 0 Å². The van der Waals surface area contributed by atoms with Gasteiger partial charge in [-0.05, 0) is 43.3 Å². The second-order valence-electron chi connectivity index (χ2n) is 4.89. The van der Waals surface area contributed by atoms with Gasteiger partial charge in [-0.3, -0.25) is 0 Å². The number of nitrogens with zero attached hydrogens (tertiary/aromatic N) is 1. The molecule has 0 radical (unpaired) electrons. The number of anilines is 1. The zero-order valence-electron chi connectivity index (χ0n) is 12.1. The van der Waals surface area contributed by atoms with E-state index < -0.39 is 29.5 Å². The predicted octanol–water partition coefficient (Wildman–Crippen LogP) is 4.33. The lowest BCUT2D eigenvalue weighted by Crippen LogP contribution is -2.34. The molecule has 0 spiro atoms. The van der Waals surface area contributed by atoms with Crippen molar-refractivity contribution >= 4 is 11.7 Å². The summed E-state index contributed by atoms with van der Waals surface area (Å²) in [6.07, 6.45) is 0. The predicted molar refractivity (Wildman–Crippen MR) is 78.0 cm³/mol. The number of carbonyl (C=O) groups is 1. The number of hydrogen-bond acceptors (Lipinski definition) is 1. The van der Waals surface area contributed by atoms with Crippen LogP contribution < -0.4 is 5.32 Å². The zero-order valence-corrected chi connectivity index (χ0v) is 12.1. The van der Waals surface area contributed by atoms with E-state index in [-0.39, 0.29) is 11.3 Å². The van der Waals surface area contributed by atoms with Crippen LogP contribution in [0.3, 0.4) is 0 Å². The van der Waals surface area contributed by atoms with Crippen molar-refractivity contribution in [1.29, 1.82) is 0 Å². The highest BCUT2D eigenvalue weighted by molar-refractivity contribution is 5.89. The Morgan fingerprint density at radius 1 is 1.09 bits per heavy atom. The molecule has 0 heterocycles. The fourth-order valence-corrected chi connectivity index (χ4v) is 2.00. The van der Waals surface area contributed by atoms with Crippen molar-refractivity contribution in [1.82, 2.24) is 4.90 Å². The number of rotatable bonds is 3. The molecule has 6 heteroatoms. The van der Waals surface area contributed by atoms with Gasteiger partial charge in [0.25, 0.3) is 0 Å². The quantitative estimate of drug-likeness (QED) is 0.899. The molecule has 1 N–H and O–H groups in total. The standard InChI is InChI=1S/C16H15F3N2O/c1-10(14-9-12(18)6-7-15(14)19)21(2)16(22)20-13-5-3-4-11(17)8-13/h3-10H,1-2H3,(H,20,22). The maximum atomic E-state index is 13.7. The molecule has 2 aromatic rings. The van der Waals surface area contributed by atoms with Crippen LogP contribution in [0.1, 0.15) is 18.5 Å². The van der Waals surface area contributed by atoms with Gasteiger partial charge in [-0.15, -0.1) is 0 Å². The first-order valence-corrected chi connectivity index (χ1v) is 6.63. The molecule has 0 saturated carbocycles. The van der Waals surface area contributed by atoms with E-state index in [1.165, 1.54) is 36.2 Å². The largest absolute Gasteiger partial charge is 0.322 e. The minimum atomic E-state index is -0.691. The average molecular weight is 308 g/mol. The van der Waals surface area contributed by atoms with E-state index in [4.69, 9.17) is 0 Å². The topological polar surface area (TPSA) is 32.3 Å². The van der Waals surface area contributed by atoms with E-state index in [1.807, 2.05) is 0 Å². The first-order valence-electron chi connectivity index (χ1n) is 6.63. The SMILES string of the molecule is CC(c1cc(F)ccc1F)N(C)C(=O)Nc1cccc(F)c1. The van der Waals surface area contributed by atoms with Crippen molar-refractivity contribution in [3.63, 3.8) is 0 Å². The van der Waals surface area contributed by atoms with Crippen LogP contribution >= 0.6 is 0 Å². The molecule has 1 unspecified atom stereocenters. The Kier molecular flexibility index (Phi) is 4.70. The second kappa shape index (κ2) is 6.51. The van der Waals surface area contributed by atoms with E-state index in [0.29, 0.717) is 0 Å². The Morgan fingerprint density at radius 2 is 1.77 bits per heavy atom. The lowest BCUT2D eigenvalue weighted by atomic mass is 10.1. The van der Waals surface area contributed by atoms with E-state index in [2.05, 4.69) is 5.32 Å². The summed E-state index contributed by atoms with van der Waals surface area (Å²) in [6, 6.07) is 7.24. The Hall–Kier alpha value is -2.50. The summed E-state index contributed by atoms with van der Waals surface area (Å²) >= 11 is 0. The van der Waals surface area contributed by atoms with Gasteiger partial charge >= 0.3 is 6.03 Å². The highest BCUT2D eigenvalue weighted by Crippen LogP contribution is 2.23. The van der Waals surface area contributed by atoms with Gasteiger partial charge in [0.05, 0.1) is 6.04 Å². The maximum absolute atomic E-state index is 13.7. The van der Waals surface area contributed by atoms with Gasteiger partial charge in [0, 0.05) is 18.3 Å². The lowest BCUT2D eigenvalue weighted by molar-refractivity contribution is 0.207. The first kappa shape index (κ1) is 15.9. The Bertz CT molecular complexity index is 691. The molecule has 2 rings (SSSR count). The summed E-state index contributed by atoms with van der Waals surface area (Å²) in [4.78, 5) is 13.3. The molecule has 0 aliphatic rings. The number of carbonyl (C=O) groups excluding carboxylic acids is 1. The van der Waals surface area contributed by atoms with Gasteiger partial charge in [0.2, 0.25) is 0 Å². The van der Waals surface area contributed by atoms with E-state index in [0.717, 1.165) is 18.2 Å². The van der Waals surface area contributed by atoms with Crippen LogP contribution in [0.4, 0.5) is 23.7 Å². The molecule has 0 bridgehead atoms. The van der Waals surface area contributed by atoms with Crippen molar-refractivity contribution in [2.45, 2.75) is 13.0 Å². The third kappa shape index (κ3) is 3.58.